The third-order valence-corrected chi connectivity index (χ3v) is 6.48. The summed E-state index contributed by atoms with van der Waals surface area (Å²) < 4.78 is 0. The zero-order valence-electron chi connectivity index (χ0n) is 18.6. The number of hydrogen-bond donors (Lipinski definition) is 0. The van der Waals surface area contributed by atoms with Gasteiger partial charge in [-0.25, -0.2) is 0 Å². The molecule has 6 rings (SSSR count). The molecule has 0 atom stereocenters. The average Bonchev–Trinajstić information content (AvgIpc) is 2.87. The van der Waals surface area contributed by atoms with Gasteiger partial charge in [0.25, 0.3) is 0 Å². The van der Waals surface area contributed by atoms with Crippen LogP contribution in [0.5, 0.6) is 0 Å². The van der Waals surface area contributed by atoms with Gasteiger partial charge in [-0.2, -0.15) is 0 Å². The number of fused-ring (bicyclic) bond motifs is 2. The van der Waals surface area contributed by atoms with Crippen LogP contribution in [0, 0.1) is 6.92 Å². The molecule has 0 N–H and O–H groups in total. The van der Waals surface area contributed by atoms with E-state index in [2.05, 4.69) is 134 Å². The minimum absolute atomic E-state index is 1.24. The molecule has 0 heterocycles. The van der Waals surface area contributed by atoms with E-state index in [0.29, 0.717) is 0 Å². The zero-order chi connectivity index (χ0) is 22.2. The van der Waals surface area contributed by atoms with Crippen LogP contribution in [0.3, 0.4) is 0 Å². The first-order chi connectivity index (χ1) is 16.3. The van der Waals surface area contributed by atoms with Gasteiger partial charge in [0.15, 0.2) is 0 Å². The lowest BCUT2D eigenvalue weighted by atomic mass is 9.88. The van der Waals surface area contributed by atoms with E-state index in [1.165, 1.54) is 60.5 Å². The van der Waals surface area contributed by atoms with Crippen molar-refractivity contribution in [2.45, 2.75) is 6.92 Å². The van der Waals surface area contributed by atoms with Gasteiger partial charge in [-0.1, -0.05) is 115 Å². The normalized spacial score (nSPS) is 11.2. The molecule has 0 nitrogen and oxygen atoms in total. The van der Waals surface area contributed by atoms with Gasteiger partial charge in [0, 0.05) is 0 Å². The Hall–Kier alpha value is -4.16. The van der Waals surface area contributed by atoms with Crippen molar-refractivity contribution in [1.29, 1.82) is 0 Å². The largest absolute Gasteiger partial charge is 0.0622 e. The van der Waals surface area contributed by atoms with Crippen LogP contribution in [0.15, 0.2) is 127 Å². The highest BCUT2D eigenvalue weighted by atomic mass is 14.2. The summed E-state index contributed by atoms with van der Waals surface area (Å²) in [5.41, 5.74) is 8.84. The van der Waals surface area contributed by atoms with Crippen LogP contribution in [0.1, 0.15) is 5.56 Å². The lowest BCUT2D eigenvalue weighted by Gasteiger charge is -2.15. The number of rotatable bonds is 3. The van der Waals surface area contributed by atoms with Gasteiger partial charge in [0.2, 0.25) is 0 Å². The van der Waals surface area contributed by atoms with Crippen LogP contribution in [-0.4, -0.2) is 0 Å². The van der Waals surface area contributed by atoms with Crippen molar-refractivity contribution >= 4 is 21.5 Å². The molecule has 0 aliphatic heterocycles. The standard InChI is InChI=1S/C33H24/c1-23-9-8-14-29(19-23)33-31-18-17-26(24-10-4-2-5-11-24)20-30(31)21-28-16-15-27(22-32(28)33)25-12-6-3-7-13-25/h2-22H,1H3. The monoisotopic (exact) mass is 420 g/mol. The molecular formula is C33H24. The van der Waals surface area contributed by atoms with Gasteiger partial charge in [-0.05, 0) is 80.0 Å². The van der Waals surface area contributed by atoms with Crippen molar-refractivity contribution in [2.24, 2.45) is 0 Å². The summed E-state index contributed by atoms with van der Waals surface area (Å²) in [6.45, 7) is 2.17. The van der Waals surface area contributed by atoms with E-state index in [0.717, 1.165) is 0 Å². The molecule has 0 amide bonds. The van der Waals surface area contributed by atoms with Crippen LogP contribution in [0.4, 0.5) is 0 Å². The van der Waals surface area contributed by atoms with E-state index in [1.54, 1.807) is 0 Å². The highest BCUT2D eigenvalue weighted by Crippen LogP contribution is 2.39. The lowest BCUT2D eigenvalue weighted by molar-refractivity contribution is 1.47. The molecule has 156 valence electrons. The third-order valence-electron chi connectivity index (χ3n) is 6.48. The Kier molecular flexibility index (Phi) is 4.78. The summed E-state index contributed by atoms with van der Waals surface area (Å²) in [4.78, 5) is 0. The predicted molar refractivity (Wildman–Crippen MR) is 142 cm³/mol. The Morgan fingerprint density at radius 1 is 0.364 bits per heavy atom. The van der Waals surface area contributed by atoms with Gasteiger partial charge in [0.05, 0.1) is 0 Å². The van der Waals surface area contributed by atoms with E-state index in [4.69, 9.17) is 0 Å². The van der Waals surface area contributed by atoms with Gasteiger partial charge in [-0.15, -0.1) is 0 Å². The summed E-state index contributed by atoms with van der Waals surface area (Å²) in [6.07, 6.45) is 0. The van der Waals surface area contributed by atoms with Crippen molar-refractivity contribution in [3.05, 3.63) is 133 Å². The molecular weight excluding hydrogens is 396 g/mol. The second-order valence-electron chi connectivity index (χ2n) is 8.72. The molecule has 6 aromatic carbocycles. The molecule has 0 spiro atoms. The Bertz CT molecular complexity index is 1590. The van der Waals surface area contributed by atoms with E-state index in [1.807, 2.05) is 0 Å². The van der Waals surface area contributed by atoms with Crippen LogP contribution < -0.4 is 0 Å². The Morgan fingerprint density at radius 3 is 1.70 bits per heavy atom. The first-order valence-corrected chi connectivity index (χ1v) is 11.4. The second kappa shape index (κ2) is 8.07. The molecule has 0 aromatic heterocycles. The fraction of sp³-hybridized carbons (Fsp3) is 0.0303. The molecule has 33 heavy (non-hydrogen) atoms. The molecule has 0 saturated carbocycles. The number of benzene rings is 6. The van der Waals surface area contributed by atoms with Crippen molar-refractivity contribution in [2.75, 3.05) is 0 Å². The number of hydrogen-bond acceptors (Lipinski definition) is 0. The first-order valence-electron chi connectivity index (χ1n) is 11.4. The molecule has 0 bridgehead atoms. The molecule has 0 unspecified atom stereocenters. The summed E-state index contributed by atoms with van der Waals surface area (Å²) >= 11 is 0. The topological polar surface area (TPSA) is 0 Å². The summed E-state index contributed by atoms with van der Waals surface area (Å²) in [5.74, 6) is 0. The van der Waals surface area contributed by atoms with Gasteiger partial charge in [-0.3, -0.25) is 0 Å². The van der Waals surface area contributed by atoms with E-state index in [9.17, 15) is 0 Å². The molecule has 0 heteroatoms. The Labute approximate surface area is 194 Å². The van der Waals surface area contributed by atoms with Crippen LogP contribution in [0.2, 0.25) is 0 Å². The van der Waals surface area contributed by atoms with E-state index < -0.39 is 0 Å². The fourth-order valence-electron chi connectivity index (χ4n) is 4.85. The zero-order valence-corrected chi connectivity index (χ0v) is 18.6. The van der Waals surface area contributed by atoms with Crippen LogP contribution in [-0.2, 0) is 0 Å². The summed E-state index contributed by atoms with van der Waals surface area (Å²) in [5, 5.41) is 5.12. The van der Waals surface area contributed by atoms with Crippen molar-refractivity contribution in [3.8, 4) is 33.4 Å². The van der Waals surface area contributed by atoms with E-state index >= 15 is 0 Å². The van der Waals surface area contributed by atoms with Crippen molar-refractivity contribution < 1.29 is 0 Å². The third kappa shape index (κ3) is 3.60. The van der Waals surface area contributed by atoms with Crippen LogP contribution in [0.25, 0.3) is 54.9 Å². The maximum absolute atomic E-state index is 2.35. The molecule has 0 saturated heterocycles. The molecule has 6 aromatic rings. The maximum Gasteiger partial charge on any atom is -0.00265 e. The second-order valence-corrected chi connectivity index (χ2v) is 8.72. The van der Waals surface area contributed by atoms with Gasteiger partial charge >= 0.3 is 0 Å². The summed E-state index contributed by atoms with van der Waals surface area (Å²) in [6, 6.07) is 46.2. The van der Waals surface area contributed by atoms with Gasteiger partial charge < -0.3 is 0 Å². The molecule has 0 aliphatic carbocycles. The van der Waals surface area contributed by atoms with E-state index in [-0.39, 0.29) is 0 Å². The quantitative estimate of drug-likeness (QED) is 0.250. The minimum Gasteiger partial charge on any atom is -0.0622 e. The van der Waals surface area contributed by atoms with Crippen LogP contribution >= 0.6 is 0 Å². The summed E-state index contributed by atoms with van der Waals surface area (Å²) in [7, 11) is 0. The molecule has 0 aliphatic rings. The SMILES string of the molecule is Cc1cccc(-c2c3ccc(-c4ccccc4)cc3cc3ccc(-c4ccccc4)cc23)c1. The fourth-order valence-corrected chi connectivity index (χ4v) is 4.85. The predicted octanol–water partition coefficient (Wildman–Crippen LogP) is 9.30. The molecule has 0 radical (unpaired) electrons. The first kappa shape index (κ1) is 19.5. The van der Waals surface area contributed by atoms with Crippen molar-refractivity contribution in [1.82, 2.24) is 0 Å². The minimum atomic E-state index is 1.24. The van der Waals surface area contributed by atoms with Crippen molar-refractivity contribution in [3.63, 3.8) is 0 Å². The molecule has 0 fully saturated rings. The smallest absolute Gasteiger partial charge is 0.00265 e. The average molecular weight is 421 g/mol. The highest BCUT2D eigenvalue weighted by molar-refractivity contribution is 6.14. The maximum atomic E-state index is 2.35. The Morgan fingerprint density at radius 2 is 1.00 bits per heavy atom. The lowest BCUT2D eigenvalue weighted by Crippen LogP contribution is -1.89. The number of aryl methyl sites for hydroxylation is 1. The van der Waals surface area contributed by atoms with Gasteiger partial charge in [0.1, 0.15) is 0 Å². The highest BCUT2D eigenvalue weighted by Gasteiger charge is 2.12. The Balaban J connectivity index is 1.66.